The van der Waals surface area contributed by atoms with Gasteiger partial charge in [-0.15, -0.1) is 0 Å². The lowest BCUT2D eigenvalue weighted by molar-refractivity contribution is -0.384. The molecule has 32 heavy (non-hydrogen) atoms. The van der Waals surface area contributed by atoms with Gasteiger partial charge in [-0.1, -0.05) is 25.1 Å². The molecule has 10 heteroatoms. The first-order valence-corrected chi connectivity index (χ1v) is 12.1. The van der Waals surface area contributed by atoms with Gasteiger partial charge in [0.1, 0.15) is 5.69 Å². The molecule has 4 rings (SSSR count). The van der Waals surface area contributed by atoms with E-state index in [0.29, 0.717) is 26.1 Å². The number of para-hydroxylation sites is 1. The minimum atomic E-state index is -3.79. The van der Waals surface area contributed by atoms with Crippen molar-refractivity contribution >= 4 is 33.0 Å². The lowest BCUT2D eigenvalue weighted by atomic mass is 9.97. The predicted octanol–water partition coefficient (Wildman–Crippen LogP) is 3.55. The van der Waals surface area contributed by atoms with E-state index in [2.05, 4.69) is 10.6 Å². The number of sulfonamides is 1. The Kier molecular flexibility index (Phi) is 6.16. The number of rotatable bonds is 7. The average Bonchev–Trinajstić information content (AvgIpc) is 3.09. The maximum absolute atomic E-state index is 13.0. The second kappa shape index (κ2) is 8.87. The van der Waals surface area contributed by atoms with Crippen LogP contribution in [0.1, 0.15) is 37.7 Å². The number of fused-ring (bicyclic) bond motifs is 1. The van der Waals surface area contributed by atoms with Gasteiger partial charge in [0.15, 0.2) is 0 Å². The summed E-state index contributed by atoms with van der Waals surface area (Å²) in [5.41, 5.74) is 1.63. The van der Waals surface area contributed by atoms with Crippen LogP contribution in [0.4, 0.5) is 17.1 Å². The highest BCUT2D eigenvalue weighted by molar-refractivity contribution is 7.89. The smallest absolute Gasteiger partial charge is 0.293 e. The second-order valence-corrected chi connectivity index (χ2v) is 10.3. The van der Waals surface area contributed by atoms with Crippen LogP contribution in [-0.2, 0) is 14.8 Å². The van der Waals surface area contributed by atoms with Gasteiger partial charge in [-0.3, -0.25) is 14.9 Å². The first kappa shape index (κ1) is 22.2. The van der Waals surface area contributed by atoms with E-state index in [1.165, 1.54) is 16.4 Å². The number of nitro groups is 1. The number of amides is 1. The van der Waals surface area contributed by atoms with Crippen LogP contribution >= 0.6 is 0 Å². The Morgan fingerprint density at radius 3 is 2.78 bits per heavy atom. The minimum absolute atomic E-state index is 0.0760. The molecule has 0 bridgehead atoms. The fourth-order valence-electron chi connectivity index (χ4n) is 4.40. The number of nitrogens with zero attached hydrogens (tertiary/aromatic N) is 2. The van der Waals surface area contributed by atoms with Gasteiger partial charge < -0.3 is 10.6 Å². The van der Waals surface area contributed by atoms with Crippen molar-refractivity contribution in [3.63, 3.8) is 0 Å². The van der Waals surface area contributed by atoms with Gasteiger partial charge in [0.25, 0.3) is 5.69 Å². The molecule has 0 radical (unpaired) electrons. The first-order chi connectivity index (χ1) is 15.3. The highest BCUT2D eigenvalue weighted by Gasteiger charge is 2.32. The molecule has 2 aromatic carbocycles. The van der Waals surface area contributed by atoms with Crippen molar-refractivity contribution in [1.82, 2.24) is 4.31 Å². The molecule has 2 heterocycles. The zero-order chi connectivity index (χ0) is 22.9. The Balaban J connectivity index is 1.49. The number of piperidine rings is 1. The highest BCUT2D eigenvalue weighted by atomic mass is 32.2. The molecular weight excluding hydrogens is 432 g/mol. The summed E-state index contributed by atoms with van der Waals surface area (Å²) in [7, 11) is -3.79. The largest absolute Gasteiger partial charge is 0.379 e. The zero-order valence-corrected chi connectivity index (χ0v) is 18.6. The second-order valence-electron chi connectivity index (χ2n) is 8.39. The fourth-order valence-corrected chi connectivity index (χ4v) is 6.02. The number of carbonyl (C=O) groups excluding carboxylic acids is 1. The topological polar surface area (TPSA) is 122 Å². The van der Waals surface area contributed by atoms with Crippen LogP contribution in [0.5, 0.6) is 0 Å². The molecule has 1 amide bonds. The molecule has 2 aliphatic rings. The van der Waals surface area contributed by atoms with Crippen molar-refractivity contribution in [1.29, 1.82) is 0 Å². The summed E-state index contributed by atoms with van der Waals surface area (Å²) >= 11 is 0. The summed E-state index contributed by atoms with van der Waals surface area (Å²) < 4.78 is 27.4. The summed E-state index contributed by atoms with van der Waals surface area (Å²) in [4.78, 5) is 23.3. The maximum atomic E-state index is 13.0. The van der Waals surface area contributed by atoms with Crippen molar-refractivity contribution in [3.8, 4) is 0 Å². The zero-order valence-electron chi connectivity index (χ0n) is 17.8. The van der Waals surface area contributed by atoms with E-state index in [1.54, 1.807) is 0 Å². The number of hydrogen-bond donors (Lipinski definition) is 2. The summed E-state index contributed by atoms with van der Waals surface area (Å²) in [6.45, 7) is 3.16. The third-order valence-corrected chi connectivity index (χ3v) is 7.94. The van der Waals surface area contributed by atoms with Gasteiger partial charge in [-0.25, -0.2) is 8.42 Å². The van der Waals surface area contributed by atoms with Gasteiger partial charge in [0.05, 0.1) is 15.7 Å². The molecule has 0 saturated carbocycles. The molecule has 2 atom stereocenters. The Labute approximate surface area is 187 Å². The van der Waals surface area contributed by atoms with Crippen molar-refractivity contribution in [2.75, 3.05) is 30.3 Å². The average molecular weight is 459 g/mol. The van der Waals surface area contributed by atoms with Gasteiger partial charge in [0, 0.05) is 31.4 Å². The molecule has 2 aliphatic heterocycles. The molecule has 9 nitrogen and oxygen atoms in total. The Morgan fingerprint density at radius 1 is 1.25 bits per heavy atom. The van der Waals surface area contributed by atoms with Gasteiger partial charge >= 0.3 is 0 Å². The lowest BCUT2D eigenvalue weighted by Gasteiger charge is -2.30. The van der Waals surface area contributed by atoms with E-state index in [9.17, 15) is 23.3 Å². The molecule has 2 N–H and O–H groups in total. The first-order valence-electron chi connectivity index (χ1n) is 10.7. The van der Waals surface area contributed by atoms with Crippen molar-refractivity contribution < 1.29 is 18.1 Å². The monoisotopic (exact) mass is 458 g/mol. The van der Waals surface area contributed by atoms with Crippen LogP contribution < -0.4 is 10.6 Å². The van der Waals surface area contributed by atoms with Gasteiger partial charge in [0.2, 0.25) is 15.9 Å². The van der Waals surface area contributed by atoms with Crippen molar-refractivity contribution in [2.24, 2.45) is 5.92 Å². The van der Waals surface area contributed by atoms with E-state index in [-0.39, 0.29) is 34.0 Å². The predicted molar refractivity (Wildman–Crippen MR) is 121 cm³/mol. The number of hydrogen-bond acceptors (Lipinski definition) is 6. The number of benzene rings is 2. The van der Waals surface area contributed by atoms with Crippen LogP contribution in [0.25, 0.3) is 0 Å². The van der Waals surface area contributed by atoms with Crippen LogP contribution in [0, 0.1) is 16.0 Å². The van der Waals surface area contributed by atoms with Crippen LogP contribution in [0.3, 0.4) is 0 Å². The van der Waals surface area contributed by atoms with E-state index in [1.807, 2.05) is 31.2 Å². The van der Waals surface area contributed by atoms with E-state index < -0.39 is 14.9 Å². The van der Waals surface area contributed by atoms with Crippen LogP contribution in [-0.4, -0.2) is 43.2 Å². The maximum Gasteiger partial charge on any atom is 0.293 e. The molecule has 170 valence electrons. The summed E-state index contributed by atoms with van der Waals surface area (Å²) in [5.74, 6) is -0.175. The SMILES string of the molecule is C[C@@H]1CCCN(S(=O)(=O)c2ccc(NCC[C@H]3C(=O)Nc4ccccc43)c([N+](=O)[O-])c2)C1. The van der Waals surface area contributed by atoms with E-state index >= 15 is 0 Å². The highest BCUT2D eigenvalue weighted by Crippen LogP contribution is 2.35. The Morgan fingerprint density at radius 2 is 2.03 bits per heavy atom. The van der Waals surface area contributed by atoms with Crippen LogP contribution in [0.2, 0.25) is 0 Å². The number of anilines is 2. The van der Waals surface area contributed by atoms with E-state index in [0.717, 1.165) is 30.2 Å². The quantitative estimate of drug-likeness (QED) is 0.483. The van der Waals surface area contributed by atoms with Crippen molar-refractivity contribution in [2.45, 2.75) is 37.0 Å². The van der Waals surface area contributed by atoms with E-state index in [4.69, 9.17) is 0 Å². The third-order valence-electron chi connectivity index (χ3n) is 6.08. The molecule has 0 spiro atoms. The Hall–Kier alpha value is -2.98. The molecular formula is C22H26N4O5S. The number of nitrogens with one attached hydrogen (secondary N) is 2. The Bertz CT molecular complexity index is 1150. The molecule has 2 aromatic rings. The molecule has 0 unspecified atom stereocenters. The number of carbonyl (C=O) groups is 1. The fraction of sp³-hybridized carbons (Fsp3) is 0.409. The van der Waals surface area contributed by atoms with Gasteiger partial charge in [-0.2, -0.15) is 4.31 Å². The normalized spacial score (nSPS) is 21.1. The molecule has 1 saturated heterocycles. The number of nitro benzene ring substituents is 1. The molecule has 0 aromatic heterocycles. The molecule has 0 aliphatic carbocycles. The summed E-state index contributed by atoms with van der Waals surface area (Å²) in [6.07, 6.45) is 2.20. The standard InChI is InChI=1S/C22H26N4O5S/c1-15-5-4-12-25(14-15)32(30,31)16-8-9-20(21(13-16)26(28)29)23-11-10-18-17-6-2-3-7-19(17)24-22(18)27/h2-3,6-9,13,15,18,23H,4-5,10-12,14H2,1H3,(H,24,27)/t15-,18-/m1/s1. The lowest BCUT2D eigenvalue weighted by Crippen LogP contribution is -2.39. The van der Waals surface area contributed by atoms with Crippen molar-refractivity contribution in [3.05, 3.63) is 58.1 Å². The minimum Gasteiger partial charge on any atom is -0.379 e. The summed E-state index contributed by atoms with van der Waals surface area (Å²) in [5, 5.41) is 17.5. The van der Waals surface area contributed by atoms with Crippen LogP contribution in [0.15, 0.2) is 47.4 Å². The van der Waals surface area contributed by atoms with Gasteiger partial charge in [-0.05, 0) is 48.9 Å². The third kappa shape index (κ3) is 4.33. The summed E-state index contributed by atoms with van der Waals surface area (Å²) in [6, 6.07) is 11.4. The molecule has 1 fully saturated rings.